The molecule has 0 saturated carbocycles. The van der Waals surface area contributed by atoms with Crippen LogP contribution in [0.4, 0.5) is 0 Å². The van der Waals surface area contributed by atoms with Gasteiger partial charge in [0.15, 0.2) is 0 Å². The lowest BCUT2D eigenvalue weighted by Crippen LogP contribution is -1.82. The summed E-state index contributed by atoms with van der Waals surface area (Å²) in [4.78, 5) is 0. The molecular weight excluding hydrogens is 208 g/mol. The van der Waals surface area contributed by atoms with Crippen LogP contribution < -0.4 is 0 Å². The Balaban J connectivity index is 3.46. The van der Waals surface area contributed by atoms with Crippen LogP contribution in [0, 0.1) is 13.8 Å². The minimum atomic E-state index is 0.195. The van der Waals surface area contributed by atoms with Gasteiger partial charge in [-0.05, 0) is 41.4 Å². The van der Waals surface area contributed by atoms with E-state index in [2.05, 4.69) is 15.9 Å². The van der Waals surface area contributed by atoms with Crippen LogP contribution in [-0.4, -0.2) is 10.2 Å². The highest BCUT2D eigenvalue weighted by molar-refractivity contribution is 9.10. The van der Waals surface area contributed by atoms with E-state index in [0.29, 0.717) is 15.6 Å². The van der Waals surface area contributed by atoms with Crippen molar-refractivity contribution >= 4 is 15.9 Å². The number of halogens is 1. The molecule has 1 rings (SSSR count). The molecule has 0 heterocycles. The lowest BCUT2D eigenvalue weighted by molar-refractivity contribution is 0.450. The Morgan fingerprint density at radius 2 is 1.82 bits per heavy atom. The largest absolute Gasteiger partial charge is 0.508 e. The maximum absolute atomic E-state index is 9.35. The van der Waals surface area contributed by atoms with Crippen molar-refractivity contribution in [2.75, 3.05) is 0 Å². The van der Waals surface area contributed by atoms with Gasteiger partial charge in [0.1, 0.15) is 11.5 Å². The fourth-order valence-electron chi connectivity index (χ4n) is 0.845. The molecule has 0 saturated heterocycles. The summed E-state index contributed by atoms with van der Waals surface area (Å²) in [5.41, 5.74) is 1.33. The molecule has 0 radical (unpaired) electrons. The van der Waals surface area contributed by atoms with Gasteiger partial charge in [0.05, 0.1) is 4.47 Å². The third-order valence-corrected chi connectivity index (χ3v) is 2.62. The molecule has 60 valence electrons. The predicted molar refractivity (Wildman–Crippen MR) is 46.9 cm³/mol. The molecule has 0 aliphatic carbocycles. The van der Waals surface area contributed by atoms with Crippen molar-refractivity contribution in [2.45, 2.75) is 13.8 Å². The zero-order chi connectivity index (χ0) is 8.59. The van der Waals surface area contributed by atoms with Crippen molar-refractivity contribution in [1.29, 1.82) is 0 Å². The second-order valence-corrected chi connectivity index (χ2v) is 3.29. The molecule has 0 aliphatic heterocycles. The fourth-order valence-corrected chi connectivity index (χ4v) is 1.36. The van der Waals surface area contributed by atoms with Gasteiger partial charge >= 0.3 is 0 Å². The Hall–Kier alpha value is -0.700. The van der Waals surface area contributed by atoms with Crippen LogP contribution in [0.5, 0.6) is 11.5 Å². The summed E-state index contributed by atoms with van der Waals surface area (Å²) in [7, 11) is 0. The average Bonchev–Trinajstić information content (AvgIpc) is 1.97. The first-order chi connectivity index (χ1) is 5.04. The fraction of sp³-hybridized carbons (Fsp3) is 0.250. The number of phenols is 2. The minimum absolute atomic E-state index is 0.195. The first-order valence-electron chi connectivity index (χ1n) is 3.21. The highest BCUT2D eigenvalue weighted by Crippen LogP contribution is 2.35. The van der Waals surface area contributed by atoms with Crippen LogP contribution in [-0.2, 0) is 0 Å². The third-order valence-electron chi connectivity index (χ3n) is 1.65. The van der Waals surface area contributed by atoms with E-state index < -0.39 is 0 Å². The van der Waals surface area contributed by atoms with E-state index in [1.165, 1.54) is 6.07 Å². The van der Waals surface area contributed by atoms with Crippen molar-refractivity contribution < 1.29 is 10.2 Å². The summed E-state index contributed by atoms with van der Waals surface area (Å²) in [6, 6.07) is 1.54. The lowest BCUT2D eigenvalue weighted by atomic mass is 10.1. The summed E-state index contributed by atoms with van der Waals surface area (Å²) >= 11 is 3.17. The molecule has 0 bridgehead atoms. The molecule has 3 heteroatoms. The van der Waals surface area contributed by atoms with Crippen LogP contribution >= 0.6 is 15.9 Å². The van der Waals surface area contributed by atoms with Crippen molar-refractivity contribution in [3.8, 4) is 11.5 Å². The first-order valence-corrected chi connectivity index (χ1v) is 4.01. The quantitative estimate of drug-likeness (QED) is 0.655. The zero-order valence-corrected chi connectivity index (χ0v) is 7.94. The number of rotatable bonds is 0. The highest BCUT2D eigenvalue weighted by Gasteiger charge is 2.08. The van der Waals surface area contributed by atoms with E-state index >= 15 is 0 Å². The molecule has 0 spiro atoms. The molecule has 1 aromatic carbocycles. The van der Waals surface area contributed by atoms with Crippen LogP contribution in [0.3, 0.4) is 0 Å². The molecule has 0 amide bonds. The predicted octanol–water partition coefficient (Wildman–Crippen LogP) is 2.48. The summed E-state index contributed by atoms with van der Waals surface area (Å²) in [5.74, 6) is 0.396. The van der Waals surface area contributed by atoms with E-state index in [1.807, 2.05) is 0 Å². The lowest BCUT2D eigenvalue weighted by Gasteiger charge is -2.06. The second kappa shape index (κ2) is 2.74. The Bertz CT molecular complexity index is 268. The second-order valence-electron chi connectivity index (χ2n) is 2.50. The Morgan fingerprint density at radius 1 is 1.27 bits per heavy atom. The first kappa shape index (κ1) is 8.40. The topological polar surface area (TPSA) is 40.5 Å². The molecule has 0 atom stereocenters. The van der Waals surface area contributed by atoms with Gasteiger partial charge in [-0.3, -0.25) is 0 Å². The Kier molecular flexibility index (Phi) is 2.09. The van der Waals surface area contributed by atoms with Crippen molar-refractivity contribution in [2.24, 2.45) is 0 Å². The molecule has 2 nitrogen and oxygen atoms in total. The highest BCUT2D eigenvalue weighted by atomic mass is 79.9. The summed E-state index contributed by atoms with van der Waals surface area (Å²) < 4.78 is 0.565. The number of aryl methyl sites for hydroxylation is 1. The summed E-state index contributed by atoms with van der Waals surface area (Å²) in [5, 5.41) is 18.6. The maximum Gasteiger partial charge on any atom is 0.133 e. The molecule has 0 unspecified atom stereocenters. The molecular formula is C8H9BrO2. The number of phenolic OH excluding ortho intramolecular Hbond substituents is 2. The zero-order valence-electron chi connectivity index (χ0n) is 6.35. The van der Waals surface area contributed by atoms with Gasteiger partial charge < -0.3 is 10.2 Å². The van der Waals surface area contributed by atoms with E-state index in [0.717, 1.165) is 0 Å². The molecule has 1 aromatic rings. The van der Waals surface area contributed by atoms with Crippen molar-refractivity contribution in [3.05, 3.63) is 21.7 Å². The molecule has 0 aromatic heterocycles. The third kappa shape index (κ3) is 1.33. The standard InChI is InChI=1S/C8H9BrO2/c1-4-3-6(10)5(2)7(9)8(4)11/h3,10-11H,1-2H3. The Morgan fingerprint density at radius 3 is 2.36 bits per heavy atom. The van der Waals surface area contributed by atoms with Crippen LogP contribution in [0.2, 0.25) is 0 Å². The number of benzene rings is 1. The van der Waals surface area contributed by atoms with E-state index in [-0.39, 0.29) is 11.5 Å². The number of aromatic hydroxyl groups is 2. The normalized spacial score (nSPS) is 10.1. The van der Waals surface area contributed by atoms with Gasteiger partial charge in [-0.15, -0.1) is 0 Å². The van der Waals surface area contributed by atoms with Crippen molar-refractivity contribution in [1.82, 2.24) is 0 Å². The van der Waals surface area contributed by atoms with Gasteiger partial charge in [0.2, 0.25) is 0 Å². The van der Waals surface area contributed by atoms with Crippen LogP contribution in [0.1, 0.15) is 11.1 Å². The summed E-state index contributed by atoms with van der Waals surface area (Å²) in [6.07, 6.45) is 0. The van der Waals surface area contributed by atoms with Gasteiger partial charge in [-0.2, -0.15) is 0 Å². The SMILES string of the molecule is Cc1cc(O)c(C)c(Br)c1O. The van der Waals surface area contributed by atoms with Crippen LogP contribution in [0.15, 0.2) is 10.5 Å². The van der Waals surface area contributed by atoms with E-state index in [1.54, 1.807) is 13.8 Å². The Labute approximate surface area is 73.6 Å². The summed E-state index contributed by atoms with van der Waals surface area (Å²) in [6.45, 7) is 3.47. The maximum atomic E-state index is 9.35. The van der Waals surface area contributed by atoms with Gasteiger partial charge in [0, 0.05) is 5.56 Å². The van der Waals surface area contributed by atoms with Crippen LogP contribution in [0.25, 0.3) is 0 Å². The molecule has 2 N–H and O–H groups in total. The molecule has 11 heavy (non-hydrogen) atoms. The monoisotopic (exact) mass is 216 g/mol. The van der Waals surface area contributed by atoms with Gasteiger partial charge in [-0.25, -0.2) is 0 Å². The molecule has 0 fully saturated rings. The smallest absolute Gasteiger partial charge is 0.133 e. The minimum Gasteiger partial charge on any atom is -0.508 e. The van der Waals surface area contributed by atoms with Gasteiger partial charge in [-0.1, -0.05) is 0 Å². The van der Waals surface area contributed by atoms with Gasteiger partial charge in [0.25, 0.3) is 0 Å². The van der Waals surface area contributed by atoms with E-state index in [4.69, 9.17) is 0 Å². The van der Waals surface area contributed by atoms with E-state index in [9.17, 15) is 10.2 Å². The number of hydrogen-bond acceptors (Lipinski definition) is 2. The number of hydrogen-bond donors (Lipinski definition) is 2. The molecule has 0 aliphatic rings. The average molecular weight is 217 g/mol. The van der Waals surface area contributed by atoms with Crippen molar-refractivity contribution in [3.63, 3.8) is 0 Å².